The zero-order valence-corrected chi connectivity index (χ0v) is 12.5. The van der Waals surface area contributed by atoms with Crippen molar-refractivity contribution < 1.29 is 5.11 Å². The Morgan fingerprint density at radius 1 is 0.800 bits per heavy atom. The van der Waals surface area contributed by atoms with E-state index in [9.17, 15) is 0 Å². The molecule has 0 aliphatic heterocycles. The highest BCUT2D eigenvalue weighted by atomic mass is 16.3. The number of aliphatic hydroxyl groups is 1. The first-order chi connectivity index (χ1) is 9.60. The maximum atomic E-state index is 9.02. The second-order valence-electron chi connectivity index (χ2n) is 5.44. The Hall–Kier alpha value is -1.64. The van der Waals surface area contributed by atoms with Gasteiger partial charge in [0.15, 0.2) is 0 Å². The number of benzene rings is 2. The van der Waals surface area contributed by atoms with Crippen LogP contribution in [0.1, 0.15) is 33.4 Å². The molecular formula is C18H23NO. The summed E-state index contributed by atoms with van der Waals surface area (Å²) in [5.74, 6) is 0. The Balaban J connectivity index is 1.94. The molecule has 0 aromatic heterocycles. The first kappa shape index (κ1) is 14.8. The summed E-state index contributed by atoms with van der Waals surface area (Å²) in [5, 5.41) is 12.5. The number of rotatable bonds is 5. The number of aliphatic hydroxyl groups excluding tert-OH is 1. The first-order valence-corrected chi connectivity index (χ1v) is 7.06. The highest BCUT2D eigenvalue weighted by molar-refractivity contribution is 5.36. The first-order valence-electron chi connectivity index (χ1n) is 7.06. The van der Waals surface area contributed by atoms with E-state index in [-0.39, 0.29) is 6.61 Å². The summed E-state index contributed by atoms with van der Waals surface area (Å²) < 4.78 is 0. The molecule has 0 aliphatic carbocycles. The molecule has 2 N–H and O–H groups in total. The molecule has 20 heavy (non-hydrogen) atoms. The van der Waals surface area contributed by atoms with E-state index in [2.05, 4.69) is 50.4 Å². The summed E-state index contributed by atoms with van der Waals surface area (Å²) in [6.07, 6.45) is 0. The van der Waals surface area contributed by atoms with Crippen molar-refractivity contribution in [2.75, 3.05) is 0 Å². The van der Waals surface area contributed by atoms with Crippen LogP contribution in [0.25, 0.3) is 0 Å². The average molecular weight is 269 g/mol. The van der Waals surface area contributed by atoms with Gasteiger partial charge in [0.05, 0.1) is 6.61 Å². The van der Waals surface area contributed by atoms with Crippen LogP contribution < -0.4 is 5.32 Å². The quantitative estimate of drug-likeness (QED) is 0.872. The average Bonchev–Trinajstić information content (AvgIpc) is 2.45. The molecule has 0 bridgehead atoms. The van der Waals surface area contributed by atoms with Crippen LogP contribution in [0.3, 0.4) is 0 Å². The van der Waals surface area contributed by atoms with Gasteiger partial charge in [-0.3, -0.25) is 0 Å². The predicted octanol–water partition coefficient (Wildman–Crippen LogP) is 3.39. The van der Waals surface area contributed by atoms with E-state index in [0.29, 0.717) is 0 Å². The molecule has 0 unspecified atom stereocenters. The Labute approximate surface area is 121 Å². The fraction of sp³-hybridized carbons (Fsp3) is 0.333. The smallest absolute Gasteiger partial charge is 0.0681 e. The van der Waals surface area contributed by atoms with Crippen LogP contribution in [0.2, 0.25) is 0 Å². The number of aryl methyl sites for hydroxylation is 3. The number of hydrogen-bond acceptors (Lipinski definition) is 2. The molecule has 0 radical (unpaired) electrons. The molecule has 2 heteroatoms. The van der Waals surface area contributed by atoms with Gasteiger partial charge in [-0.25, -0.2) is 0 Å². The largest absolute Gasteiger partial charge is 0.392 e. The Bertz CT molecular complexity index is 573. The monoisotopic (exact) mass is 269 g/mol. The molecule has 0 atom stereocenters. The zero-order valence-electron chi connectivity index (χ0n) is 12.5. The van der Waals surface area contributed by atoms with Crippen LogP contribution in [0.5, 0.6) is 0 Å². The number of nitrogens with one attached hydrogen (secondary N) is 1. The lowest BCUT2D eigenvalue weighted by molar-refractivity contribution is 0.282. The van der Waals surface area contributed by atoms with Gasteiger partial charge >= 0.3 is 0 Å². The highest BCUT2D eigenvalue weighted by Crippen LogP contribution is 2.15. The predicted molar refractivity (Wildman–Crippen MR) is 83.6 cm³/mol. The minimum Gasteiger partial charge on any atom is -0.392 e. The van der Waals surface area contributed by atoms with Crippen molar-refractivity contribution >= 4 is 0 Å². The normalized spacial score (nSPS) is 10.8. The van der Waals surface area contributed by atoms with E-state index in [1.54, 1.807) is 0 Å². The third kappa shape index (κ3) is 3.69. The van der Waals surface area contributed by atoms with Crippen LogP contribution in [-0.2, 0) is 19.7 Å². The molecule has 0 heterocycles. The van der Waals surface area contributed by atoms with Crippen LogP contribution in [0, 0.1) is 20.8 Å². The molecular weight excluding hydrogens is 246 g/mol. The van der Waals surface area contributed by atoms with Crippen LogP contribution in [-0.4, -0.2) is 5.11 Å². The molecule has 2 nitrogen and oxygen atoms in total. The highest BCUT2D eigenvalue weighted by Gasteiger charge is 2.02. The lowest BCUT2D eigenvalue weighted by Crippen LogP contribution is -2.13. The van der Waals surface area contributed by atoms with Crippen LogP contribution in [0.15, 0.2) is 36.4 Å². The van der Waals surface area contributed by atoms with E-state index in [1.165, 1.54) is 27.8 Å². The molecule has 2 aromatic carbocycles. The second kappa shape index (κ2) is 6.69. The van der Waals surface area contributed by atoms with Crippen molar-refractivity contribution in [2.24, 2.45) is 0 Å². The van der Waals surface area contributed by atoms with E-state index < -0.39 is 0 Å². The lowest BCUT2D eigenvalue weighted by atomic mass is 10.0. The molecule has 0 spiro atoms. The van der Waals surface area contributed by atoms with Gasteiger partial charge in [0.2, 0.25) is 0 Å². The standard InChI is InChI=1S/C18H23NO/c1-13-8-15(3)18(9-14(13)2)11-19-10-16-4-6-17(12-20)7-5-16/h4-9,19-20H,10-12H2,1-3H3. The summed E-state index contributed by atoms with van der Waals surface area (Å²) in [6, 6.07) is 12.6. The van der Waals surface area contributed by atoms with Crippen molar-refractivity contribution in [1.82, 2.24) is 5.32 Å². The Kier molecular flexibility index (Phi) is 4.94. The molecule has 0 saturated heterocycles. The second-order valence-corrected chi connectivity index (χ2v) is 5.44. The molecule has 0 fully saturated rings. The maximum absolute atomic E-state index is 9.02. The molecule has 2 aromatic rings. The zero-order chi connectivity index (χ0) is 14.5. The van der Waals surface area contributed by atoms with Crippen molar-refractivity contribution in [3.8, 4) is 0 Å². The fourth-order valence-corrected chi connectivity index (χ4v) is 2.31. The molecule has 0 saturated carbocycles. The van der Waals surface area contributed by atoms with E-state index in [0.717, 1.165) is 18.7 Å². The summed E-state index contributed by atoms with van der Waals surface area (Å²) in [4.78, 5) is 0. The maximum Gasteiger partial charge on any atom is 0.0681 e. The van der Waals surface area contributed by atoms with Crippen LogP contribution >= 0.6 is 0 Å². The molecule has 106 valence electrons. The topological polar surface area (TPSA) is 32.3 Å². The molecule has 0 amide bonds. The van der Waals surface area contributed by atoms with Crippen molar-refractivity contribution in [3.63, 3.8) is 0 Å². The van der Waals surface area contributed by atoms with Gasteiger partial charge in [-0.15, -0.1) is 0 Å². The van der Waals surface area contributed by atoms with Crippen molar-refractivity contribution in [1.29, 1.82) is 0 Å². The van der Waals surface area contributed by atoms with E-state index in [1.807, 2.05) is 12.1 Å². The minimum absolute atomic E-state index is 0.107. The van der Waals surface area contributed by atoms with E-state index in [4.69, 9.17) is 5.11 Å². The molecule has 2 rings (SSSR count). The van der Waals surface area contributed by atoms with Gasteiger partial charge in [0, 0.05) is 13.1 Å². The third-order valence-corrected chi connectivity index (χ3v) is 3.80. The summed E-state index contributed by atoms with van der Waals surface area (Å²) in [6.45, 7) is 8.32. The van der Waals surface area contributed by atoms with Crippen LogP contribution in [0.4, 0.5) is 0 Å². The van der Waals surface area contributed by atoms with Gasteiger partial charge in [-0.1, -0.05) is 36.4 Å². The number of hydrogen-bond donors (Lipinski definition) is 2. The third-order valence-electron chi connectivity index (χ3n) is 3.80. The van der Waals surface area contributed by atoms with Gasteiger partial charge in [0.1, 0.15) is 0 Å². The minimum atomic E-state index is 0.107. The van der Waals surface area contributed by atoms with Gasteiger partial charge in [-0.2, -0.15) is 0 Å². The summed E-state index contributed by atoms with van der Waals surface area (Å²) in [5.41, 5.74) is 7.60. The SMILES string of the molecule is Cc1cc(C)c(CNCc2ccc(CO)cc2)cc1C. The van der Waals surface area contributed by atoms with Crippen molar-refractivity contribution in [2.45, 2.75) is 40.5 Å². The summed E-state index contributed by atoms with van der Waals surface area (Å²) in [7, 11) is 0. The Morgan fingerprint density at radius 3 is 2.05 bits per heavy atom. The van der Waals surface area contributed by atoms with Gasteiger partial charge in [0.25, 0.3) is 0 Å². The molecule has 0 aliphatic rings. The van der Waals surface area contributed by atoms with Gasteiger partial charge < -0.3 is 10.4 Å². The fourth-order valence-electron chi connectivity index (χ4n) is 2.31. The Morgan fingerprint density at radius 2 is 1.40 bits per heavy atom. The lowest BCUT2D eigenvalue weighted by Gasteiger charge is -2.11. The van der Waals surface area contributed by atoms with E-state index >= 15 is 0 Å². The van der Waals surface area contributed by atoms with Crippen molar-refractivity contribution in [3.05, 3.63) is 69.8 Å². The van der Waals surface area contributed by atoms with Gasteiger partial charge in [-0.05, 0) is 54.2 Å². The summed E-state index contributed by atoms with van der Waals surface area (Å²) >= 11 is 0.